The van der Waals surface area contributed by atoms with Gasteiger partial charge in [0.1, 0.15) is 6.54 Å². The standard InChI is InChI=1S/C29H37N3O4/c1-20-12-13-23(29(2,36)16-22(15-24(33)14-20)21-8-4-3-5-9-21)17-30-27(34)18-32-19-31-26-11-7-6-10-25(26)28(32)35/h3-11,19-20,22-24,33,36H,12-18H2,1-2H3,(H,30,34)/t20-,22-,23+,24+,29-/m1/s1. The number of hydrogen-bond donors (Lipinski definition) is 3. The zero-order valence-electron chi connectivity index (χ0n) is 21.1. The minimum atomic E-state index is -1.04. The highest BCUT2D eigenvalue weighted by molar-refractivity contribution is 5.78. The van der Waals surface area contributed by atoms with Gasteiger partial charge in [-0.05, 0) is 62.1 Å². The number of hydrogen-bond acceptors (Lipinski definition) is 5. The molecule has 0 saturated heterocycles. The van der Waals surface area contributed by atoms with Gasteiger partial charge in [0.05, 0.1) is 28.9 Å². The first-order valence-electron chi connectivity index (χ1n) is 12.9. The number of aromatic nitrogens is 2. The van der Waals surface area contributed by atoms with Gasteiger partial charge in [-0.25, -0.2) is 4.98 Å². The maximum absolute atomic E-state index is 12.8. The molecule has 2 aromatic carbocycles. The molecule has 0 unspecified atom stereocenters. The van der Waals surface area contributed by atoms with Crippen LogP contribution < -0.4 is 10.9 Å². The van der Waals surface area contributed by atoms with Crippen molar-refractivity contribution in [2.45, 2.75) is 70.1 Å². The third kappa shape index (κ3) is 6.39. The van der Waals surface area contributed by atoms with Crippen LogP contribution in [0.25, 0.3) is 10.9 Å². The summed E-state index contributed by atoms with van der Waals surface area (Å²) in [6, 6.07) is 17.1. The van der Waals surface area contributed by atoms with E-state index in [0.29, 0.717) is 36.2 Å². The van der Waals surface area contributed by atoms with E-state index < -0.39 is 11.7 Å². The molecule has 1 heterocycles. The molecule has 1 fully saturated rings. The molecule has 4 rings (SSSR count). The van der Waals surface area contributed by atoms with Crippen LogP contribution in [0.15, 0.2) is 65.7 Å². The van der Waals surface area contributed by atoms with E-state index in [-0.39, 0.29) is 29.8 Å². The van der Waals surface area contributed by atoms with Crippen molar-refractivity contribution in [1.29, 1.82) is 0 Å². The van der Waals surface area contributed by atoms with E-state index in [0.717, 1.165) is 24.8 Å². The number of carbonyl (C=O) groups excluding carboxylic acids is 1. The summed E-state index contributed by atoms with van der Waals surface area (Å²) in [5.41, 5.74) is 0.422. The topological polar surface area (TPSA) is 104 Å². The fraction of sp³-hybridized carbons (Fsp3) is 0.483. The van der Waals surface area contributed by atoms with Gasteiger partial charge in [0.15, 0.2) is 0 Å². The van der Waals surface area contributed by atoms with Crippen molar-refractivity contribution in [3.8, 4) is 0 Å². The van der Waals surface area contributed by atoms with Crippen LogP contribution in [0.4, 0.5) is 0 Å². The van der Waals surface area contributed by atoms with Gasteiger partial charge in [0.2, 0.25) is 5.91 Å². The highest BCUT2D eigenvalue weighted by Crippen LogP contribution is 2.38. The number of para-hydroxylation sites is 1. The molecule has 0 spiro atoms. The summed E-state index contributed by atoms with van der Waals surface area (Å²) in [7, 11) is 0. The van der Waals surface area contributed by atoms with E-state index in [9.17, 15) is 19.8 Å². The Morgan fingerprint density at radius 2 is 1.83 bits per heavy atom. The third-order valence-corrected chi connectivity index (χ3v) is 7.64. The first-order valence-corrected chi connectivity index (χ1v) is 12.9. The Hall–Kier alpha value is -3.03. The maximum Gasteiger partial charge on any atom is 0.261 e. The monoisotopic (exact) mass is 491 g/mol. The van der Waals surface area contributed by atoms with Gasteiger partial charge >= 0.3 is 0 Å². The van der Waals surface area contributed by atoms with Crippen LogP contribution in [0.1, 0.15) is 57.4 Å². The Bertz CT molecular complexity index is 1220. The molecular formula is C29H37N3O4. The van der Waals surface area contributed by atoms with Crippen LogP contribution in [0.3, 0.4) is 0 Å². The van der Waals surface area contributed by atoms with Crippen LogP contribution in [0.5, 0.6) is 0 Å². The van der Waals surface area contributed by atoms with Crippen molar-refractivity contribution >= 4 is 16.8 Å². The van der Waals surface area contributed by atoms with E-state index in [1.54, 1.807) is 18.2 Å². The molecule has 1 aromatic heterocycles. The minimum absolute atomic E-state index is 0.0157. The lowest BCUT2D eigenvalue weighted by Gasteiger charge is -2.38. The average Bonchev–Trinajstić information content (AvgIpc) is 2.85. The summed E-state index contributed by atoms with van der Waals surface area (Å²) < 4.78 is 1.32. The molecular weight excluding hydrogens is 454 g/mol. The summed E-state index contributed by atoms with van der Waals surface area (Å²) in [6.07, 6.45) is 4.41. The first-order chi connectivity index (χ1) is 17.2. The molecule has 3 N–H and O–H groups in total. The van der Waals surface area contributed by atoms with Crippen LogP contribution >= 0.6 is 0 Å². The minimum Gasteiger partial charge on any atom is -0.393 e. The fourth-order valence-electron chi connectivity index (χ4n) is 5.52. The Morgan fingerprint density at radius 3 is 2.61 bits per heavy atom. The van der Waals surface area contributed by atoms with Crippen molar-refractivity contribution < 1.29 is 15.0 Å². The number of aliphatic hydroxyl groups is 2. The van der Waals surface area contributed by atoms with E-state index in [1.165, 1.54) is 10.9 Å². The van der Waals surface area contributed by atoms with Gasteiger partial charge in [-0.2, -0.15) is 0 Å². The second kappa shape index (κ2) is 11.4. The normalized spacial score (nSPS) is 27.4. The number of nitrogens with zero attached hydrogens (tertiary/aromatic N) is 2. The van der Waals surface area contributed by atoms with E-state index in [2.05, 4.69) is 29.4 Å². The SMILES string of the molecule is C[C@@H]1CC[C@@H](CNC(=O)Cn2cnc3ccccc3c2=O)[C@](C)(O)C[C@H](c2ccccc2)C[C@@H](O)C1. The highest BCUT2D eigenvalue weighted by Gasteiger charge is 2.37. The van der Waals surface area contributed by atoms with Crippen molar-refractivity contribution in [3.63, 3.8) is 0 Å². The smallest absolute Gasteiger partial charge is 0.261 e. The van der Waals surface area contributed by atoms with Crippen LogP contribution in [-0.4, -0.2) is 43.9 Å². The number of amides is 1. The summed E-state index contributed by atoms with van der Waals surface area (Å²) in [6.45, 7) is 4.17. The zero-order valence-corrected chi connectivity index (χ0v) is 21.1. The van der Waals surface area contributed by atoms with Crippen molar-refractivity contribution in [1.82, 2.24) is 14.9 Å². The van der Waals surface area contributed by atoms with E-state index >= 15 is 0 Å². The molecule has 0 bridgehead atoms. The second-order valence-corrected chi connectivity index (χ2v) is 10.7. The molecule has 1 aliphatic rings. The number of benzene rings is 2. The fourth-order valence-corrected chi connectivity index (χ4v) is 5.52. The number of fused-ring (bicyclic) bond motifs is 1. The van der Waals surface area contributed by atoms with Gasteiger partial charge in [-0.15, -0.1) is 0 Å². The Labute approximate surface area is 212 Å². The van der Waals surface area contributed by atoms with E-state index in [1.807, 2.05) is 31.2 Å². The lowest BCUT2D eigenvalue weighted by molar-refractivity contribution is -0.122. The van der Waals surface area contributed by atoms with Crippen molar-refractivity contribution in [3.05, 3.63) is 76.8 Å². The molecule has 0 radical (unpaired) electrons. The van der Waals surface area contributed by atoms with Crippen LogP contribution in [0, 0.1) is 11.8 Å². The molecule has 5 atom stereocenters. The summed E-state index contributed by atoms with van der Waals surface area (Å²) in [4.78, 5) is 29.8. The largest absolute Gasteiger partial charge is 0.393 e. The molecule has 1 saturated carbocycles. The van der Waals surface area contributed by atoms with Gasteiger partial charge in [0, 0.05) is 12.5 Å². The van der Waals surface area contributed by atoms with Gasteiger partial charge in [-0.1, -0.05) is 55.8 Å². The van der Waals surface area contributed by atoms with Gasteiger partial charge in [0.25, 0.3) is 5.56 Å². The Kier molecular flexibility index (Phi) is 8.21. The number of aliphatic hydroxyl groups excluding tert-OH is 1. The van der Waals surface area contributed by atoms with Crippen LogP contribution in [0.2, 0.25) is 0 Å². The second-order valence-electron chi connectivity index (χ2n) is 10.7. The van der Waals surface area contributed by atoms with Crippen molar-refractivity contribution in [2.75, 3.05) is 6.54 Å². The lowest BCUT2D eigenvalue weighted by atomic mass is 9.73. The van der Waals surface area contributed by atoms with Crippen molar-refractivity contribution in [2.24, 2.45) is 11.8 Å². The summed E-state index contributed by atoms with van der Waals surface area (Å²) in [5.74, 6) is -0.116. The van der Waals surface area contributed by atoms with Gasteiger partial charge < -0.3 is 15.5 Å². The maximum atomic E-state index is 12.8. The molecule has 36 heavy (non-hydrogen) atoms. The average molecular weight is 492 g/mol. The molecule has 3 aromatic rings. The lowest BCUT2D eigenvalue weighted by Crippen LogP contribution is -2.45. The third-order valence-electron chi connectivity index (χ3n) is 7.64. The van der Waals surface area contributed by atoms with E-state index in [4.69, 9.17) is 0 Å². The molecule has 7 heteroatoms. The Morgan fingerprint density at radius 1 is 1.11 bits per heavy atom. The first kappa shape index (κ1) is 26.0. The molecule has 1 aliphatic carbocycles. The quantitative estimate of drug-likeness (QED) is 0.506. The number of carbonyl (C=O) groups is 1. The zero-order chi connectivity index (χ0) is 25.7. The van der Waals surface area contributed by atoms with Crippen LogP contribution in [-0.2, 0) is 11.3 Å². The molecule has 1 amide bonds. The molecule has 7 nitrogen and oxygen atoms in total. The molecule has 0 aliphatic heterocycles. The summed E-state index contributed by atoms with van der Waals surface area (Å²) in [5, 5.41) is 25.8. The van der Waals surface area contributed by atoms with Gasteiger partial charge in [-0.3, -0.25) is 14.2 Å². The summed E-state index contributed by atoms with van der Waals surface area (Å²) >= 11 is 0. The number of rotatable bonds is 5. The highest BCUT2D eigenvalue weighted by atomic mass is 16.3. The predicted octanol–water partition coefficient (Wildman–Crippen LogP) is 3.62. The Balaban J connectivity index is 1.47. The predicted molar refractivity (Wildman–Crippen MR) is 141 cm³/mol. The molecule has 192 valence electrons. The number of nitrogens with one attached hydrogen (secondary N) is 1.